The van der Waals surface area contributed by atoms with E-state index < -0.39 is 8.32 Å². The number of aliphatic hydroxyl groups excluding tert-OH is 1. The van der Waals surface area contributed by atoms with Gasteiger partial charge in [-0.2, -0.15) is 0 Å². The Labute approximate surface area is 487 Å². The highest BCUT2D eigenvalue weighted by Gasteiger charge is 2.37. The van der Waals surface area contributed by atoms with Crippen molar-refractivity contribution in [3.8, 4) is 5.75 Å². The van der Waals surface area contributed by atoms with Gasteiger partial charge in [0.25, 0.3) is 0 Å². The number of aryl methyl sites for hydroxylation is 6. The number of carbonyl (C=O) groups excluding carboxylic acids is 4. The summed E-state index contributed by atoms with van der Waals surface area (Å²) in [6.45, 7) is 27.1. The summed E-state index contributed by atoms with van der Waals surface area (Å²) >= 11 is 12.8. The highest BCUT2D eigenvalue weighted by Crippen LogP contribution is 2.59. The van der Waals surface area contributed by atoms with E-state index in [2.05, 4.69) is 121 Å². The van der Waals surface area contributed by atoms with Crippen molar-refractivity contribution in [1.82, 2.24) is 0 Å². The van der Waals surface area contributed by atoms with Crippen LogP contribution in [0.5, 0.6) is 5.75 Å². The molecule has 0 amide bonds. The first-order valence-corrected chi connectivity index (χ1v) is 34.7. The number of ether oxygens (including phenoxy) is 1. The fourth-order valence-electron chi connectivity index (χ4n) is 5.80. The quantitative estimate of drug-likeness (QED) is 0.0481. The molecule has 2 N–H and O–H groups in total. The second kappa shape index (κ2) is 40.9. The van der Waals surface area contributed by atoms with Crippen LogP contribution in [0.4, 0.5) is 0 Å². The molecule has 13 nitrogen and oxygen atoms in total. The summed E-state index contributed by atoms with van der Waals surface area (Å²) in [4.78, 5) is 41.5. The topological polar surface area (TPSA) is 189 Å². The highest BCUT2D eigenvalue weighted by molar-refractivity contribution is 9.93. The van der Waals surface area contributed by atoms with Crippen LogP contribution in [-0.4, -0.2) is 64.5 Å². The number of alkyl halides is 1. The molecular formula is C54H74BBr4ClO13PSi. The molecule has 0 spiro atoms. The average Bonchev–Trinajstić information content (AvgIpc) is 4.23. The van der Waals surface area contributed by atoms with Crippen LogP contribution in [0, 0.1) is 41.5 Å². The Morgan fingerprint density at radius 2 is 1.09 bits per heavy atom. The van der Waals surface area contributed by atoms with Gasteiger partial charge in [0.15, 0.2) is 56.5 Å². The molecule has 5 heterocycles. The normalized spacial score (nSPS) is 11.3. The SMILES string of the molecule is BrP(Br)Br.C1CCOC1.Cc1cccc(Cc2cc(C=O)oc2C)c1.Cc1cccc(O[B]O)c1.Cc1oc(C=O)cc1CBr.Cc1oc(C=O)cc1CO.Cc1oc(C=O)cc1CO[Si](C)(C)C(C)(C)C.Cl.[2H]CC. The van der Waals surface area contributed by atoms with Crippen molar-refractivity contribution in [3.63, 3.8) is 0 Å². The second-order valence-electron chi connectivity index (χ2n) is 17.4. The molecule has 415 valence electrons. The molecule has 0 bridgehead atoms. The van der Waals surface area contributed by atoms with Crippen molar-refractivity contribution in [2.75, 3.05) is 13.2 Å². The van der Waals surface area contributed by atoms with E-state index in [1.54, 1.807) is 32.0 Å². The number of rotatable bonds is 13. The van der Waals surface area contributed by atoms with Gasteiger partial charge in [0, 0.05) is 43.0 Å². The number of furan rings is 4. The van der Waals surface area contributed by atoms with Crippen LogP contribution < -0.4 is 4.65 Å². The van der Waals surface area contributed by atoms with Gasteiger partial charge in [-0.25, -0.2) is 0 Å². The van der Waals surface area contributed by atoms with Crippen molar-refractivity contribution < 1.29 is 62.2 Å². The number of aliphatic hydroxyl groups is 1. The first-order valence-electron chi connectivity index (χ1n) is 24.0. The molecule has 1 aliphatic heterocycles. The van der Waals surface area contributed by atoms with Crippen LogP contribution >= 0.6 is 78.8 Å². The Hall–Kier alpha value is -3.20. The molecule has 1 saturated heterocycles. The van der Waals surface area contributed by atoms with E-state index in [1.165, 1.54) is 30.0 Å². The van der Waals surface area contributed by atoms with Gasteiger partial charge >= 0.3 is 7.69 Å². The Balaban J connectivity index is 0. The maximum absolute atomic E-state index is 10.6. The summed E-state index contributed by atoms with van der Waals surface area (Å²) < 4.78 is 42.3. The van der Waals surface area contributed by atoms with Crippen LogP contribution in [-0.2, 0) is 34.1 Å². The first kappa shape index (κ1) is 71.8. The van der Waals surface area contributed by atoms with Gasteiger partial charge in [-0.1, -0.05) is 92.5 Å². The molecule has 1 radical (unpaired) electrons. The van der Waals surface area contributed by atoms with Gasteiger partial charge in [0.1, 0.15) is 32.8 Å². The monoisotopic (exact) mass is 1350 g/mol. The van der Waals surface area contributed by atoms with Crippen LogP contribution in [0.15, 0.2) is 90.5 Å². The lowest BCUT2D eigenvalue weighted by molar-refractivity contribution is 0.109. The smallest absolute Gasteiger partial charge is 0.537 e. The van der Waals surface area contributed by atoms with E-state index in [0.29, 0.717) is 68.1 Å². The largest absolute Gasteiger partial charge is 0.569 e. The van der Waals surface area contributed by atoms with E-state index in [4.69, 9.17) is 43.0 Å². The van der Waals surface area contributed by atoms with Crippen LogP contribution in [0.25, 0.3) is 0 Å². The molecule has 7 rings (SSSR count). The van der Waals surface area contributed by atoms with Gasteiger partial charge in [-0.15, -0.1) is 12.4 Å². The van der Waals surface area contributed by atoms with E-state index in [1.807, 2.05) is 58.0 Å². The summed E-state index contributed by atoms with van der Waals surface area (Å²) in [6.07, 6.45) is 6.16. The van der Waals surface area contributed by atoms with Gasteiger partial charge in [-0.3, -0.25) is 19.2 Å². The molecular weight excluding hydrogens is 1280 g/mol. The summed E-state index contributed by atoms with van der Waals surface area (Å²) in [5.41, 5.74) is 7.34. The molecule has 6 aromatic rings. The average molecular weight is 1360 g/mol. The van der Waals surface area contributed by atoms with Gasteiger partial charge in [0.2, 0.25) is 0 Å². The van der Waals surface area contributed by atoms with E-state index in [9.17, 15) is 19.2 Å². The van der Waals surface area contributed by atoms with Gasteiger partial charge in [-0.05, 0) is 172 Å². The maximum atomic E-state index is 10.6. The van der Waals surface area contributed by atoms with Crippen molar-refractivity contribution >= 4 is 120 Å². The minimum absolute atomic E-state index is 0. The lowest BCUT2D eigenvalue weighted by Crippen LogP contribution is -2.40. The number of hydrogen-bond acceptors (Lipinski definition) is 13. The Kier molecular flexibility index (Phi) is 39.2. The number of aldehydes is 4. The summed E-state index contributed by atoms with van der Waals surface area (Å²) in [6, 6.07) is 22.6. The standard InChI is InChI=1S/C14H14O2.C13H22O3Si.C7H8BO2.C7H7BrO2.C7H8O3.C4H8O.C2H6.Br3P.ClH/c1-10-4-3-5-12(6-10)7-13-8-14(9-15)16-11(13)2;1-10-11(7-12(8-14)16-10)9-15-17(5,6)13(2,3)4;1-6-3-2-4-7(5-6)10-8-9;2*1-5-6(3-8)2-7(4-9)10-5;1-2-4-5-3-1;1-2;1-4(2)3;/h3-6,8-9H,7H2,1-2H3;7-8H,9H2,1-6H3;2-5,9H,1H3;2,4H,3H2,1H3;2,4,8H,3H2,1H3;1-4H2;1-2H3;;1H/i;;;;;;1D;;. The molecule has 1 fully saturated rings. The molecule has 21 heteroatoms. The number of hydrogen-bond donors (Lipinski definition) is 2. The zero-order valence-corrected chi connectivity index (χ0v) is 54.0. The predicted molar refractivity (Wildman–Crippen MR) is 322 cm³/mol. The van der Waals surface area contributed by atoms with E-state index >= 15 is 0 Å². The number of halogens is 5. The summed E-state index contributed by atoms with van der Waals surface area (Å²) in [7, 11) is -1.07. The Morgan fingerprint density at radius 3 is 1.44 bits per heavy atom. The van der Waals surface area contributed by atoms with E-state index in [0.717, 1.165) is 77.1 Å². The fraction of sp³-hybridized carbons (Fsp3) is 0.407. The summed E-state index contributed by atoms with van der Waals surface area (Å²) in [5, 5.41) is 17.8. The van der Waals surface area contributed by atoms with Gasteiger partial charge < -0.3 is 41.6 Å². The predicted octanol–water partition coefficient (Wildman–Crippen LogP) is 17.0. The molecule has 75 heavy (non-hydrogen) atoms. The second-order valence-corrected chi connectivity index (χ2v) is 38.2. The van der Waals surface area contributed by atoms with Crippen molar-refractivity contribution in [2.45, 2.75) is 132 Å². The third kappa shape index (κ3) is 31.1. The summed E-state index contributed by atoms with van der Waals surface area (Å²) in [5.74, 6) is 5.09. The molecule has 2 aromatic carbocycles. The third-order valence-corrected chi connectivity index (χ3v) is 15.9. The molecule has 0 aliphatic carbocycles. The number of benzene rings is 2. The number of carbonyl (C=O) groups is 4. The minimum Gasteiger partial charge on any atom is -0.537 e. The molecule has 4 aromatic heterocycles. The van der Waals surface area contributed by atoms with Crippen LogP contribution in [0.3, 0.4) is 0 Å². The third-order valence-electron chi connectivity index (χ3n) is 10.8. The van der Waals surface area contributed by atoms with Gasteiger partial charge in [0.05, 0.1) is 13.2 Å². The molecule has 0 unspecified atom stereocenters. The van der Waals surface area contributed by atoms with Crippen LogP contribution in [0.1, 0.15) is 153 Å². The Morgan fingerprint density at radius 1 is 0.693 bits per heavy atom. The zero-order chi connectivity index (χ0) is 57.1. The molecule has 0 saturated carbocycles. The maximum Gasteiger partial charge on any atom is 0.569 e. The van der Waals surface area contributed by atoms with Crippen molar-refractivity contribution in [3.05, 3.63) is 158 Å². The zero-order valence-electron chi connectivity index (χ0n) is 45.9. The van der Waals surface area contributed by atoms with E-state index in [-0.39, 0.29) is 33.8 Å². The minimum atomic E-state index is -1.74. The highest BCUT2D eigenvalue weighted by atomic mass is 80.0. The molecule has 1 aliphatic rings. The van der Waals surface area contributed by atoms with Crippen LogP contribution in [0.2, 0.25) is 18.1 Å². The first-order chi connectivity index (χ1) is 35.4. The lowest BCUT2D eigenvalue weighted by Gasteiger charge is -2.36. The fourth-order valence-corrected chi connectivity index (χ4v) is 7.30. The van der Waals surface area contributed by atoms with Crippen molar-refractivity contribution in [1.29, 1.82) is 0 Å². The Bertz CT molecular complexity index is 2480. The molecule has 0 atom stereocenters. The van der Waals surface area contributed by atoms with Crippen molar-refractivity contribution in [2.24, 2.45) is 0 Å². The lowest BCUT2D eigenvalue weighted by atomic mass is 10.0.